The third-order valence-corrected chi connectivity index (χ3v) is 3.34. The highest BCUT2D eigenvalue weighted by molar-refractivity contribution is 5.90. The van der Waals surface area contributed by atoms with Crippen LogP contribution in [0.1, 0.15) is 44.1 Å². The molecule has 1 aliphatic rings. The Labute approximate surface area is 108 Å². The van der Waals surface area contributed by atoms with Gasteiger partial charge >= 0.3 is 0 Å². The van der Waals surface area contributed by atoms with Gasteiger partial charge in [-0.2, -0.15) is 0 Å². The van der Waals surface area contributed by atoms with Crippen LogP contribution in [-0.2, 0) is 4.79 Å². The second-order valence-corrected chi connectivity index (χ2v) is 4.81. The van der Waals surface area contributed by atoms with Crippen LogP contribution in [0.3, 0.4) is 0 Å². The molecule has 1 aromatic carbocycles. The molecule has 1 atom stereocenters. The maximum atomic E-state index is 12.0. The molecule has 0 bridgehead atoms. The summed E-state index contributed by atoms with van der Waals surface area (Å²) >= 11 is 0. The number of hydrogen-bond donors (Lipinski definition) is 1. The van der Waals surface area contributed by atoms with E-state index in [1.54, 1.807) is 0 Å². The van der Waals surface area contributed by atoms with Crippen molar-refractivity contribution in [3.05, 3.63) is 35.9 Å². The number of Topliss-reactive ketones (excluding diaryl/α,β-unsaturated/α-hetero) is 1. The molecule has 0 aliphatic heterocycles. The van der Waals surface area contributed by atoms with Crippen LogP contribution in [0.25, 0.3) is 0 Å². The van der Waals surface area contributed by atoms with E-state index in [9.17, 15) is 9.90 Å². The van der Waals surface area contributed by atoms with Gasteiger partial charge < -0.3 is 5.11 Å². The molecule has 1 N–H and O–H groups in total. The number of carbonyl (C=O) groups is 1. The smallest absolute Gasteiger partial charge is 0.184 e. The molecule has 1 saturated carbocycles. The second kappa shape index (κ2) is 5.84. The number of carbonyl (C=O) groups excluding carboxylic acids is 1. The molecule has 0 amide bonds. The zero-order chi connectivity index (χ0) is 12.8. The first-order chi connectivity index (χ1) is 8.71. The maximum absolute atomic E-state index is 12.0. The lowest BCUT2D eigenvalue weighted by atomic mass is 9.86. The van der Waals surface area contributed by atoms with Crippen LogP contribution >= 0.6 is 0 Å². The average molecular weight is 242 g/mol. The standard InChI is InChI=1S/C16H18O2/c17-15-10-6-1-2-7-12-16(15,18)13-11-14-8-4-3-5-9-14/h3-5,8-9,18H,1-2,6-7,10,12H2. The monoisotopic (exact) mass is 242 g/mol. The van der Waals surface area contributed by atoms with Crippen LogP contribution in [0, 0.1) is 11.8 Å². The first-order valence-corrected chi connectivity index (χ1v) is 6.55. The van der Waals surface area contributed by atoms with E-state index in [4.69, 9.17) is 0 Å². The Kier molecular flexibility index (Phi) is 4.17. The van der Waals surface area contributed by atoms with E-state index in [0.29, 0.717) is 12.8 Å². The summed E-state index contributed by atoms with van der Waals surface area (Å²) in [4.78, 5) is 12.0. The topological polar surface area (TPSA) is 37.3 Å². The van der Waals surface area contributed by atoms with Gasteiger partial charge in [0.1, 0.15) is 0 Å². The van der Waals surface area contributed by atoms with E-state index in [2.05, 4.69) is 11.8 Å². The fourth-order valence-electron chi connectivity index (χ4n) is 2.20. The predicted molar refractivity (Wildman–Crippen MR) is 71.0 cm³/mol. The molecule has 1 fully saturated rings. The zero-order valence-electron chi connectivity index (χ0n) is 10.5. The predicted octanol–water partition coefficient (Wildman–Crippen LogP) is 2.69. The van der Waals surface area contributed by atoms with Gasteiger partial charge in [-0.25, -0.2) is 0 Å². The van der Waals surface area contributed by atoms with Gasteiger partial charge in [0, 0.05) is 12.0 Å². The van der Waals surface area contributed by atoms with Crippen molar-refractivity contribution >= 4 is 5.78 Å². The molecule has 0 saturated heterocycles. The van der Waals surface area contributed by atoms with Gasteiger partial charge in [0.15, 0.2) is 11.4 Å². The Morgan fingerprint density at radius 3 is 2.56 bits per heavy atom. The molecular formula is C16H18O2. The number of benzene rings is 1. The Morgan fingerprint density at radius 2 is 1.78 bits per heavy atom. The lowest BCUT2D eigenvalue weighted by Gasteiger charge is -2.22. The van der Waals surface area contributed by atoms with Gasteiger partial charge in [0.2, 0.25) is 0 Å². The highest BCUT2D eigenvalue weighted by atomic mass is 16.3. The van der Waals surface area contributed by atoms with Crippen LogP contribution < -0.4 is 0 Å². The molecule has 1 aromatic rings. The van der Waals surface area contributed by atoms with E-state index >= 15 is 0 Å². The fourth-order valence-corrected chi connectivity index (χ4v) is 2.20. The Bertz CT molecular complexity index is 467. The van der Waals surface area contributed by atoms with Crippen molar-refractivity contribution in [2.75, 3.05) is 0 Å². The molecule has 0 heterocycles. The summed E-state index contributed by atoms with van der Waals surface area (Å²) in [5.41, 5.74) is -0.600. The fraction of sp³-hybridized carbons (Fsp3) is 0.438. The van der Waals surface area contributed by atoms with E-state index in [1.807, 2.05) is 30.3 Å². The first-order valence-electron chi connectivity index (χ1n) is 6.55. The normalized spacial score (nSPS) is 24.6. The molecule has 2 nitrogen and oxygen atoms in total. The van der Waals surface area contributed by atoms with Crippen LogP contribution in [-0.4, -0.2) is 16.5 Å². The zero-order valence-corrected chi connectivity index (χ0v) is 10.5. The number of hydrogen-bond acceptors (Lipinski definition) is 2. The minimum Gasteiger partial charge on any atom is -0.371 e. The molecule has 1 unspecified atom stereocenters. The van der Waals surface area contributed by atoms with Crippen molar-refractivity contribution < 1.29 is 9.90 Å². The van der Waals surface area contributed by atoms with Crippen molar-refractivity contribution in [1.82, 2.24) is 0 Å². The summed E-state index contributed by atoms with van der Waals surface area (Å²) in [6.45, 7) is 0. The molecule has 1 aliphatic carbocycles. The minimum absolute atomic E-state index is 0.120. The Morgan fingerprint density at radius 1 is 1.06 bits per heavy atom. The summed E-state index contributed by atoms with van der Waals surface area (Å²) in [7, 11) is 0. The van der Waals surface area contributed by atoms with E-state index in [0.717, 1.165) is 31.2 Å². The number of rotatable bonds is 0. The van der Waals surface area contributed by atoms with Crippen molar-refractivity contribution in [3.63, 3.8) is 0 Å². The average Bonchev–Trinajstić information content (AvgIpc) is 2.39. The number of ketones is 1. The van der Waals surface area contributed by atoms with E-state index in [1.165, 1.54) is 0 Å². The highest BCUT2D eigenvalue weighted by Gasteiger charge is 2.33. The van der Waals surface area contributed by atoms with Crippen LogP contribution in [0.5, 0.6) is 0 Å². The summed E-state index contributed by atoms with van der Waals surface area (Å²) in [5.74, 6) is 5.58. The van der Waals surface area contributed by atoms with Gasteiger partial charge in [0.05, 0.1) is 0 Å². The summed E-state index contributed by atoms with van der Waals surface area (Å²) < 4.78 is 0. The highest BCUT2D eigenvalue weighted by Crippen LogP contribution is 2.23. The van der Waals surface area contributed by atoms with Crippen LogP contribution in [0.15, 0.2) is 30.3 Å². The lowest BCUT2D eigenvalue weighted by Crippen LogP contribution is -2.37. The lowest BCUT2D eigenvalue weighted by molar-refractivity contribution is -0.133. The third-order valence-electron chi connectivity index (χ3n) is 3.34. The van der Waals surface area contributed by atoms with Crippen molar-refractivity contribution in [2.24, 2.45) is 0 Å². The van der Waals surface area contributed by atoms with Gasteiger partial charge in [-0.15, -0.1) is 0 Å². The summed E-state index contributed by atoms with van der Waals surface area (Å²) in [6.07, 6.45) is 4.79. The molecule has 0 aromatic heterocycles. The molecule has 2 rings (SSSR count). The Hall–Kier alpha value is -1.59. The van der Waals surface area contributed by atoms with Crippen LogP contribution in [0.2, 0.25) is 0 Å². The van der Waals surface area contributed by atoms with Crippen molar-refractivity contribution in [3.8, 4) is 11.8 Å². The van der Waals surface area contributed by atoms with Gasteiger partial charge in [-0.1, -0.05) is 42.9 Å². The minimum atomic E-state index is -1.43. The van der Waals surface area contributed by atoms with Gasteiger partial charge in [-0.05, 0) is 31.4 Å². The van der Waals surface area contributed by atoms with Gasteiger partial charge in [0.25, 0.3) is 0 Å². The molecule has 0 radical (unpaired) electrons. The first kappa shape index (κ1) is 12.9. The SMILES string of the molecule is O=C1CCCCCCC1(O)C#Cc1ccccc1. The van der Waals surface area contributed by atoms with Crippen molar-refractivity contribution in [1.29, 1.82) is 0 Å². The summed E-state index contributed by atoms with van der Waals surface area (Å²) in [5, 5.41) is 10.4. The molecule has 0 spiro atoms. The maximum Gasteiger partial charge on any atom is 0.184 e. The summed E-state index contributed by atoms with van der Waals surface area (Å²) in [6, 6.07) is 9.47. The van der Waals surface area contributed by atoms with E-state index < -0.39 is 5.60 Å². The molecular weight excluding hydrogens is 224 g/mol. The van der Waals surface area contributed by atoms with Gasteiger partial charge in [-0.3, -0.25) is 4.79 Å². The quantitative estimate of drug-likeness (QED) is 0.710. The molecule has 18 heavy (non-hydrogen) atoms. The third kappa shape index (κ3) is 3.21. The van der Waals surface area contributed by atoms with Crippen molar-refractivity contribution in [2.45, 2.75) is 44.1 Å². The largest absolute Gasteiger partial charge is 0.371 e. The molecule has 2 heteroatoms. The van der Waals surface area contributed by atoms with Crippen LogP contribution in [0.4, 0.5) is 0 Å². The number of aliphatic hydroxyl groups is 1. The molecule has 94 valence electrons. The Balaban J connectivity index is 2.18. The van der Waals surface area contributed by atoms with E-state index in [-0.39, 0.29) is 5.78 Å². The second-order valence-electron chi connectivity index (χ2n) is 4.81.